The van der Waals surface area contributed by atoms with Gasteiger partial charge in [0.25, 0.3) is 0 Å². The second-order valence-electron chi connectivity index (χ2n) is 5.85. The number of methoxy groups -OCH3 is 1. The monoisotopic (exact) mass is 291 g/mol. The summed E-state index contributed by atoms with van der Waals surface area (Å²) < 4.78 is 11.0. The van der Waals surface area contributed by atoms with Gasteiger partial charge in [0.1, 0.15) is 12.4 Å². The predicted octanol–water partition coefficient (Wildman–Crippen LogP) is 3.74. The first-order valence-electron chi connectivity index (χ1n) is 8.29. The maximum atomic E-state index is 5.92. The molecule has 1 aliphatic rings. The Morgan fingerprint density at radius 3 is 2.76 bits per heavy atom. The van der Waals surface area contributed by atoms with Crippen molar-refractivity contribution in [1.29, 1.82) is 0 Å². The van der Waals surface area contributed by atoms with Crippen molar-refractivity contribution in [1.82, 2.24) is 5.32 Å². The molecule has 0 aliphatic heterocycles. The molecule has 1 N–H and O–H groups in total. The van der Waals surface area contributed by atoms with Gasteiger partial charge in [0.15, 0.2) is 0 Å². The molecule has 0 amide bonds. The summed E-state index contributed by atoms with van der Waals surface area (Å²) in [4.78, 5) is 0. The molecule has 0 heterocycles. The van der Waals surface area contributed by atoms with Crippen LogP contribution < -0.4 is 10.1 Å². The molecule has 1 fully saturated rings. The fraction of sp³-hybridized carbons (Fsp3) is 0.667. The van der Waals surface area contributed by atoms with Crippen LogP contribution in [0, 0.1) is 0 Å². The van der Waals surface area contributed by atoms with Gasteiger partial charge < -0.3 is 14.8 Å². The van der Waals surface area contributed by atoms with Crippen LogP contribution in [0.2, 0.25) is 0 Å². The fourth-order valence-electron chi connectivity index (χ4n) is 3.30. The molecule has 2 atom stereocenters. The van der Waals surface area contributed by atoms with Gasteiger partial charge in [-0.1, -0.05) is 38.0 Å². The van der Waals surface area contributed by atoms with Crippen molar-refractivity contribution in [2.24, 2.45) is 0 Å². The first-order valence-corrected chi connectivity index (χ1v) is 8.29. The van der Waals surface area contributed by atoms with Gasteiger partial charge in [-0.3, -0.25) is 0 Å². The van der Waals surface area contributed by atoms with Crippen molar-refractivity contribution in [3.8, 4) is 5.75 Å². The molecule has 2 unspecified atom stereocenters. The molecule has 21 heavy (non-hydrogen) atoms. The van der Waals surface area contributed by atoms with E-state index in [2.05, 4.69) is 36.5 Å². The molecule has 0 saturated heterocycles. The van der Waals surface area contributed by atoms with Crippen molar-refractivity contribution in [3.05, 3.63) is 29.8 Å². The van der Waals surface area contributed by atoms with E-state index in [4.69, 9.17) is 9.47 Å². The lowest BCUT2D eigenvalue weighted by molar-refractivity contribution is 0.145. The molecule has 3 heteroatoms. The van der Waals surface area contributed by atoms with E-state index in [1.807, 2.05) is 0 Å². The van der Waals surface area contributed by atoms with Crippen molar-refractivity contribution in [2.75, 3.05) is 26.9 Å². The maximum absolute atomic E-state index is 5.92. The molecule has 0 radical (unpaired) electrons. The summed E-state index contributed by atoms with van der Waals surface area (Å²) in [5, 5.41) is 3.64. The zero-order chi connectivity index (χ0) is 14.9. The van der Waals surface area contributed by atoms with Gasteiger partial charge in [-0.2, -0.15) is 0 Å². The van der Waals surface area contributed by atoms with Crippen LogP contribution in [0.25, 0.3) is 0 Å². The Bertz CT molecular complexity index is 408. The van der Waals surface area contributed by atoms with E-state index in [-0.39, 0.29) is 0 Å². The summed E-state index contributed by atoms with van der Waals surface area (Å²) in [5.74, 6) is 1.65. The van der Waals surface area contributed by atoms with E-state index in [1.165, 1.54) is 37.7 Å². The predicted molar refractivity (Wildman–Crippen MR) is 87.1 cm³/mol. The summed E-state index contributed by atoms with van der Waals surface area (Å²) >= 11 is 0. The van der Waals surface area contributed by atoms with Gasteiger partial charge in [0.2, 0.25) is 0 Å². The molecule has 0 bridgehead atoms. The molecule has 1 saturated carbocycles. The minimum Gasteiger partial charge on any atom is -0.491 e. The largest absolute Gasteiger partial charge is 0.491 e. The Kier molecular flexibility index (Phi) is 7.04. The molecule has 118 valence electrons. The van der Waals surface area contributed by atoms with Crippen LogP contribution in [0.5, 0.6) is 5.75 Å². The maximum Gasteiger partial charge on any atom is 0.122 e. The lowest BCUT2D eigenvalue weighted by Crippen LogP contribution is -2.29. The van der Waals surface area contributed by atoms with Crippen LogP contribution in [-0.4, -0.2) is 32.9 Å². The highest BCUT2D eigenvalue weighted by atomic mass is 16.5. The van der Waals surface area contributed by atoms with Crippen LogP contribution in [0.4, 0.5) is 0 Å². The third-order valence-corrected chi connectivity index (χ3v) is 4.32. The third kappa shape index (κ3) is 5.01. The Hall–Kier alpha value is -1.06. The topological polar surface area (TPSA) is 30.5 Å². The highest BCUT2D eigenvalue weighted by Gasteiger charge is 2.23. The minimum absolute atomic E-state index is 0.607. The summed E-state index contributed by atoms with van der Waals surface area (Å²) in [6.45, 7) is 4.51. The number of hydrogen-bond donors (Lipinski definition) is 1. The molecule has 1 aliphatic carbocycles. The molecule has 3 nitrogen and oxygen atoms in total. The lowest BCUT2D eigenvalue weighted by atomic mass is 9.89. The number of benzene rings is 1. The van der Waals surface area contributed by atoms with Crippen LogP contribution in [0.15, 0.2) is 24.3 Å². The molecule has 2 rings (SSSR count). The zero-order valence-corrected chi connectivity index (χ0v) is 13.4. The number of para-hydroxylation sites is 1. The van der Waals surface area contributed by atoms with E-state index in [1.54, 1.807) is 7.11 Å². The van der Waals surface area contributed by atoms with Crippen LogP contribution >= 0.6 is 0 Å². The average Bonchev–Trinajstić information content (AvgIpc) is 2.74. The van der Waals surface area contributed by atoms with Crippen LogP contribution in [-0.2, 0) is 4.74 Å². The summed E-state index contributed by atoms with van der Waals surface area (Å²) in [5.41, 5.74) is 1.37. The second-order valence-corrected chi connectivity index (χ2v) is 5.85. The quantitative estimate of drug-likeness (QED) is 0.613. The summed E-state index contributed by atoms with van der Waals surface area (Å²) in [7, 11) is 1.71. The van der Waals surface area contributed by atoms with Crippen molar-refractivity contribution >= 4 is 0 Å². The van der Waals surface area contributed by atoms with Gasteiger partial charge >= 0.3 is 0 Å². The average molecular weight is 291 g/mol. The number of nitrogens with one attached hydrogen (secondary N) is 1. The highest BCUT2D eigenvalue weighted by molar-refractivity contribution is 5.36. The summed E-state index contributed by atoms with van der Waals surface area (Å²) in [6, 6.07) is 9.17. The van der Waals surface area contributed by atoms with E-state index in [0.717, 1.165) is 12.3 Å². The molecule has 1 aromatic carbocycles. The van der Waals surface area contributed by atoms with Gasteiger partial charge in [0, 0.05) is 13.2 Å². The Balaban J connectivity index is 2.07. The van der Waals surface area contributed by atoms with Crippen LogP contribution in [0.1, 0.15) is 50.5 Å². The van der Waals surface area contributed by atoms with Crippen molar-refractivity contribution < 1.29 is 9.47 Å². The van der Waals surface area contributed by atoms with E-state index < -0.39 is 0 Å². The minimum atomic E-state index is 0.607. The lowest BCUT2D eigenvalue weighted by Gasteiger charge is -2.23. The Morgan fingerprint density at radius 1 is 1.14 bits per heavy atom. The SMILES string of the molecule is CCNC1CCCCC(c2ccccc2OCCOC)C1. The smallest absolute Gasteiger partial charge is 0.122 e. The number of ether oxygens (including phenoxy) is 2. The third-order valence-electron chi connectivity index (χ3n) is 4.32. The van der Waals surface area contributed by atoms with Gasteiger partial charge in [0.05, 0.1) is 6.61 Å². The van der Waals surface area contributed by atoms with E-state index in [0.29, 0.717) is 25.2 Å². The second kappa shape index (κ2) is 9.06. The molecule has 0 aromatic heterocycles. The molecular weight excluding hydrogens is 262 g/mol. The van der Waals surface area contributed by atoms with Crippen molar-refractivity contribution in [3.63, 3.8) is 0 Å². The van der Waals surface area contributed by atoms with Gasteiger partial charge in [-0.15, -0.1) is 0 Å². The van der Waals surface area contributed by atoms with Gasteiger partial charge in [-0.25, -0.2) is 0 Å². The first kappa shape index (κ1) is 16.3. The number of hydrogen-bond acceptors (Lipinski definition) is 3. The van der Waals surface area contributed by atoms with Crippen molar-refractivity contribution in [2.45, 2.75) is 51.0 Å². The molecule has 0 spiro atoms. The first-order chi connectivity index (χ1) is 10.3. The Labute approximate surface area is 129 Å². The zero-order valence-electron chi connectivity index (χ0n) is 13.4. The van der Waals surface area contributed by atoms with E-state index >= 15 is 0 Å². The van der Waals surface area contributed by atoms with E-state index in [9.17, 15) is 0 Å². The van der Waals surface area contributed by atoms with Gasteiger partial charge in [-0.05, 0) is 43.4 Å². The normalized spacial score (nSPS) is 22.8. The molecular formula is C18H29NO2. The fourth-order valence-corrected chi connectivity index (χ4v) is 3.30. The van der Waals surface area contributed by atoms with Crippen LogP contribution in [0.3, 0.4) is 0 Å². The number of rotatable bonds is 7. The standard InChI is InChI=1S/C18H29NO2/c1-3-19-16-9-5-4-8-15(14-16)17-10-6-7-11-18(17)21-13-12-20-2/h6-7,10-11,15-16,19H,3-5,8-9,12-14H2,1-2H3. The molecule has 1 aromatic rings. The highest BCUT2D eigenvalue weighted by Crippen LogP contribution is 2.36. The summed E-state index contributed by atoms with van der Waals surface area (Å²) in [6.07, 6.45) is 6.45. The Morgan fingerprint density at radius 2 is 1.95 bits per heavy atom.